The largest absolute Gasteiger partial charge is 0.349 e. The van der Waals surface area contributed by atoms with Gasteiger partial charge in [-0.3, -0.25) is 9.10 Å². The SMILES string of the molecule is CCC[NH+]1CCC(NC(=O)c2cccc(S(=O)(=O)N3CCc4ccccc43)c2)CC1. The van der Waals surface area contributed by atoms with Gasteiger partial charge in [-0.1, -0.05) is 31.2 Å². The van der Waals surface area contributed by atoms with Crippen molar-refractivity contribution in [1.29, 1.82) is 0 Å². The second-order valence-electron chi connectivity index (χ2n) is 8.23. The first-order valence-corrected chi connectivity index (χ1v) is 12.3. The number of hydrogen-bond donors (Lipinski definition) is 2. The molecule has 1 amide bonds. The van der Waals surface area contributed by atoms with Crippen LogP contribution in [0.2, 0.25) is 0 Å². The van der Waals surface area contributed by atoms with Gasteiger partial charge in [0.05, 0.1) is 30.2 Å². The summed E-state index contributed by atoms with van der Waals surface area (Å²) in [4.78, 5) is 14.6. The van der Waals surface area contributed by atoms with Gasteiger partial charge >= 0.3 is 0 Å². The molecule has 0 bridgehead atoms. The molecule has 160 valence electrons. The van der Waals surface area contributed by atoms with Crippen LogP contribution in [0.4, 0.5) is 5.69 Å². The van der Waals surface area contributed by atoms with Crippen molar-refractivity contribution >= 4 is 21.6 Å². The molecule has 0 spiro atoms. The van der Waals surface area contributed by atoms with E-state index in [-0.39, 0.29) is 16.8 Å². The fourth-order valence-electron chi connectivity index (χ4n) is 4.53. The van der Waals surface area contributed by atoms with Crippen LogP contribution in [0.1, 0.15) is 42.1 Å². The zero-order chi connectivity index (χ0) is 21.1. The van der Waals surface area contributed by atoms with Gasteiger partial charge in [-0.2, -0.15) is 0 Å². The van der Waals surface area contributed by atoms with Gasteiger partial charge in [0, 0.05) is 31.0 Å². The molecule has 2 aliphatic heterocycles. The Kier molecular flexibility index (Phi) is 6.11. The Morgan fingerprint density at radius 3 is 2.67 bits per heavy atom. The van der Waals surface area contributed by atoms with E-state index in [1.165, 1.54) is 23.3 Å². The van der Waals surface area contributed by atoms with E-state index in [1.54, 1.807) is 23.1 Å². The number of likely N-dealkylation sites (tertiary alicyclic amines) is 1. The summed E-state index contributed by atoms with van der Waals surface area (Å²) < 4.78 is 28.0. The van der Waals surface area contributed by atoms with Crippen LogP contribution in [0.3, 0.4) is 0 Å². The van der Waals surface area contributed by atoms with Crippen molar-refractivity contribution in [1.82, 2.24) is 5.32 Å². The molecular formula is C23H30N3O3S+. The summed E-state index contributed by atoms with van der Waals surface area (Å²) >= 11 is 0. The molecule has 0 unspecified atom stereocenters. The van der Waals surface area contributed by atoms with Crippen LogP contribution in [0.15, 0.2) is 53.4 Å². The number of quaternary nitrogens is 1. The summed E-state index contributed by atoms with van der Waals surface area (Å²) in [6, 6.07) is 14.1. The van der Waals surface area contributed by atoms with Gasteiger partial charge in [-0.25, -0.2) is 8.42 Å². The van der Waals surface area contributed by atoms with Gasteiger partial charge in [-0.05, 0) is 42.7 Å². The van der Waals surface area contributed by atoms with Crippen LogP contribution in [0.5, 0.6) is 0 Å². The molecule has 1 saturated heterocycles. The molecular weight excluding hydrogens is 398 g/mol. The van der Waals surface area contributed by atoms with Crippen molar-refractivity contribution in [3.63, 3.8) is 0 Å². The van der Waals surface area contributed by atoms with E-state index < -0.39 is 10.0 Å². The second-order valence-corrected chi connectivity index (χ2v) is 10.1. The molecule has 0 radical (unpaired) electrons. The summed E-state index contributed by atoms with van der Waals surface area (Å²) in [7, 11) is -3.70. The molecule has 2 N–H and O–H groups in total. The zero-order valence-corrected chi connectivity index (χ0v) is 18.2. The number of carbonyl (C=O) groups is 1. The third-order valence-corrected chi connectivity index (χ3v) is 7.97. The minimum Gasteiger partial charge on any atom is -0.349 e. The van der Waals surface area contributed by atoms with Gasteiger partial charge in [-0.15, -0.1) is 0 Å². The molecule has 2 aromatic carbocycles. The normalized spacial score (nSPS) is 21.3. The highest BCUT2D eigenvalue weighted by Gasteiger charge is 2.31. The van der Waals surface area contributed by atoms with Crippen molar-refractivity contribution in [3.8, 4) is 0 Å². The number of anilines is 1. The first-order valence-electron chi connectivity index (χ1n) is 10.8. The van der Waals surface area contributed by atoms with Gasteiger partial charge < -0.3 is 10.2 Å². The van der Waals surface area contributed by atoms with E-state index in [1.807, 2.05) is 24.3 Å². The Morgan fingerprint density at radius 1 is 1.13 bits per heavy atom. The van der Waals surface area contributed by atoms with Crippen LogP contribution in [0.25, 0.3) is 0 Å². The quantitative estimate of drug-likeness (QED) is 0.735. The number of fused-ring (bicyclic) bond motifs is 1. The molecule has 0 aromatic heterocycles. The Bertz CT molecular complexity index is 1010. The molecule has 2 aliphatic rings. The standard InChI is InChI=1S/C23H29N3O3S/c1-2-13-25-14-11-20(12-15-25)24-23(27)19-7-5-8-21(17-19)30(28,29)26-16-10-18-6-3-4-9-22(18)26/h3-9,17,20H,2,10-16H2,1H3,(H,24,27)/p+1. The summed E-state index contributed by atoms with van der Waals surface area (Å²) in [5.74, 6) is -0.196. The van der Waals surface area contributed by atoms with Gasteiger partial charge in [0.1, 0.15) is 0 Å². The number of piperidine rings is 1. The number of hydrogen-bond acceptors (Lipinski definition) is 3. The van der Waals surface area contributed by atoms with Crippen LogP contribution in [-0.4, -0.2) is 46.5 Å². The van der Waals surface area contributed by atoms with Crippen molar-refractivity contribution < 1.29 is 18.1 Å². The maximum Gasteiger partial charge on any atom is 0.264 e. The highest BCUT2D eigenvalue weighted by molar-refractivity contribution is 7.92. The second kappa shape index (κ2) is 8.78. The number of nitrogens with zero attached hydrogens (tertiary/aromatic N) is 1. The first-order chi connectivity index (χ1) is 14.5. The molecule has 7 heteroatoms. The molecule has 2 aromatic rings. The Balaban J connectivity index is 1.47. The molecule has 30 heavy (non-hydrogen) atoms. The number of nitrogens with one attached hydrogen (secondary N) is 2. The molecule has 4 rings (SSSR count). The lowest BCUT2D eigenvalue weighted by atomic mass is 10.0. The number of para-hydroxylation sites is 1. The summed E-state index contributed by atoms with van der Waals surface area (Å²) in [6.07, 6.45) is 3.80. The Hall–Kier alpha value is -2.38. The highest BCUT2D eigenvalue weighted by atomic mass is 32.2. The zero-order valence-electron chi connectivity index (χ0n) is 17.4. The van der Waals surface area contributed by atoms with E-state index >= 15 is 0 Å². The fraction of sp³-hybridized carbons (Fsp3) is 0.435. The lowest BCUT2D eigenvalue weighted by molar-refractivity contribution is -0.905. The smallest absolute Gasteiger partial charge is 0.264 e. The van der Waals surface area contributed by atoms with E-state index in [9.17, 15) is 13.2 Å². The third kappa shape index (κ3) is 4.23. The molecule has 2 heterocycles. The Labute approximate surface area is 178 Å². The van der Waals surface area contributed by atoms with Crippen molar-refractivity contribution in [2.45, 2.75) is 43.5 Å². The van der Waals surface area contributed by atoms with Crippen LogP contribution >= 0.6 is 0 Å². The van der Waals surface area contributed by atoms with Gasteiger partial charge in [0.15, 0.2) is 0 Å². The molecule has 1 fully saturated rings. The Morgan fingerprint density at radius 2 is 1.90 bits per heavy atom. The van der Waals surface area contributed by atoms with E-state index in [0.717, 1.165) is 37.2 Å². The van der Waals surface area contributed by atoms with Crippen LogP contribution in [0, 0.1) is 0 Å². The summed E-state index contributed by atoms with van der Waals surface area (Å²) in [6.45, 7) is 5.95. The maximum absolute atomic E-state index is 13.3. The summed E-state index contributed by atoms with van der Waals surface area (Å²) in [5.41, 5.74) is 2.16. The van der Waals surface area contributed by atoms with E-state index in [4.69, 9.17) is 0 Å². The van der Waals surface area contributed by atoms with Crippen molar-refractivity contribution in [2.75, 3.05) is 30.5 Å². The van der Waals surface area contributed by atoms with Gasteiger partial charge in [0.2, 0.25) is 0 Å². The number of rotatable bonds is 6. The fourth-order valence-corrected chi connectivity index (χ4v) is 6.07. The van der Waals surface area contributed by atoms with E-state index in [0.29, 0.717) is 18.5 Å². The van der Waals surface area contributed by atoms with Crippen LogP contribution in [-0.2, 0) is 16.4 Å². The van der Waals surface area contributed by atoms with Crippen molar-refractivity contribution in [3.05, 3.63) is 59.7 Å². The number of amides is 1. The number of carbonyl (C=O) groups excluding carboxylic acids is 1. The first kappa shape index (κ1) is 20.9. The predicted octanol–water partition coefficient (Wildman–Crippen LogP) is 1.63. The predicted molar refractivity (Wildman–Crippen MR) is 117 cm³/mol. The summed E-state index contributed by atoms with van der Waals surface area (Å²) in [5, 5.41) is 3.10. The van der Waals surface area contributed by atoms with Crippen molar-refractivity contribution in [2.24, 2.45) is 0 Å². The molecule has 6 nitrogen and oxygen atoms in total. The number of benzene rings is 2. The highest BCUT2D eigenvalue weighted by Crippen LogP contribution is 2.32. The molecule has 0 atom stereocenters. The van der Waals surface area contributed by atoms with Gasteiger partial charge in [0.25, 0.3) is 15.9 Å². The minimum absolute atomic E-state index is 0.156. The molecule has 0 aliphatic carbocycles. The number of sulfonamides is 1. The van der Waals surface area contributed by atoms with Crippen LogP contribution < -0.4 is 14.5 Å². The molecule has 0 saturated carbocycles. The monoisotopic (exact) mass is 428 g/mol. The topological polar surface area (TPSA) is 70.9 Å². The minimum atomic E-state index is -3.70. The average Bonchev–Trinajstić information content (AvgIpc) is 3.20. The van der Waals surface area contributed by atoms with E-state index in [2.05, 4.69) is 12.2 Å². The maximum atomic E-state index is 13.3. The average molecular weight is 429 g/mol. The third-order valence-electron chi connectivity index (χ3n) is 6.16. The lowest BCUT2D eigenvalue weighted by Crippen LogP contribution is -3.13. The lowest BCUT2D eigenvalue weighted by Gasteiger charge is -2.29.